The Balaban J connectivity index is 6.51. The Labute approximate surface area is 217 Å². The van der Waals surface area contributed by atoms with Gasteiger partial charge in [-0.1, -0.05) is 61.3 Å². The number of rotatable bonds is 19. The van der Waals surface area contributed by atoms with Crippen LogP contribution in [0.4, 0.5) is 0 Å². The normalized spacial score (nSPS) is 17.5. The Kier molecular flexibility index (Phi) is 13.8. The Morgan fingerprint density at radius 1 is 0.765 bits per heavy atom. The molecule has 2 atom stereocenters. The van der Waals surface area contributed by atoms with Crippen LogP contribution in [0.25, 0.3) is 0 Å². The van der Waals surface area contributed by atoms with E-state index in [4.69, 9.17) is 14.6 Å². The fourth-order valence-electron chi connectivity index (χ4n) is 6.39. The molecule has 0 aliphatic heterocycles. The van der Waals surface area contributed by atoms with Crippen LogP contribution in [0.15, 0.2) is 0 Å². The summed E-state index contributed by atoms with van der Waals surface area (Å²) in [6.07, 6.45) is 7.77. The Bertz CT molecular complexity index is 579. The van der Waals surface area contributed by atoms with Crippen molar-refractivity contribution in [3.63, 3.8) is 0 Å². The largest absolute Gasteiger partial charge is 0.412 e. The van der Waals surface area contributed by atoms with Gasteiger partial charge in [0.05, 0.1) is 11.2 Å². The Morgan fingerprint density at radius 2 is 1.32 bits per heavy atom. The van der Waals surface area contributed by atoms with Gasteiger partial charge in [-0.15, -0.1) is 0 Å². The first-order valence-electron chi connectivity index (χ1n) is 14.3. The number of hydrogen-bond donors (Lipinski definition) is 2. The van der Waals surface area contributed by atoms with E-state index in [2.05, 4.69) is 94.2 Å². The van der Waals surface area contributed by atoms with Crippen molar-refractivity contribution in [2.24, 2.45) is 5.73 Å². The average molecular weight is 517 g/mol. The van der Waals surface area contributed by atoms with Gasteiger partial charge in [0.1, 0.15) is 0 Å². The van der Waals surface area contributed by atoms with Gasteiger partial charge in [-0.3, -0.25) is 0 Å². The van der Waals surface area contributed by atoms with Crippen LogP contribution in [0.2, 0.25) is 35.8 Å². The lowest BCUT2D eigenvalue weighted by Gasteiger charge is -2.60. The summed E-state index contributed by atoms with van der Waals surface area (Å²) in [7, 11) is -4.26. The second-order valence-electron chi connectivity index (χ2n) is 12.7. The lowest BCUT2D eigenvalue weighted by atomic mass is 9.80. The van der Waals surface area contributed by atoms with Crippen molar-refractivity contribution in [3.05, 3.63) is 0 Å². The first kappa shape index (κ1) is 34.3. The maximum atomic E-state index is 7.75. The molecule has 4 nitrogen and oxygen atoms in total. The van der Waals surface area contributed by atoms with E-state index in [9.17, 15) is 0 Å². The highest BCUT2D eigenvalue weighted by Crippen LogP contribution is 2.60. The molecule has 0 aromatic carbocycles. The van der Waals surface area contributed by atoms with Crippen LogP contribution in [0.5, 0.6) is 0 Å². The maximum absolute atomic E-state index is 7.75. The summed E-state index contributed by atoms with van der Waals surface area (Å²) < 4.78 is 14.9. The van der Waals surface area contributed by atoms with Crippen molar-refractivity contribution in [3.8, 4) is 0 Å². The zero-order valence-electron chi connectivity index (χ0n) is 25.7. The third kappa shape index (κ3) is 7.88. The summed E-state index contributed by atoms with van der Waals surface area (Å²) in [5.74, 6) is 0. The highest BCUT2D eigenvalue weighted by atomic mass is 28.4. The van der Waals surface area contributed by atoms with Crippen molar-refractivity contribution >= 4 is 16.6 Å². The lowest BCUT2D eigenvalue weighted by molar-refractivity contribution is -0.0165. The standard InChI is InChI=1S/C28H64N2O2Si2/c1-14-20-27(10,28(17-4,18-5)33(11,12)31-25(6,7)15-2)32-34(13,26(8,9)16-3)24-19-22-30-23-21-29/h30H,14-24,29H2,1-13H3. The molecule has 0 heterocycles. The molecular weight excluding hydrogens is 452 g/mol. The number of hydrogen-bond acceptors (Lipinski definition) is 4. The van der Waals surface area contributed by atoms with E-state index in [-0.39, 0.29) is 21.3 Å². The van der Waals surface area contributed by atoms with Gasteiger partial charge in [0.2, 0.25) is 0 Å². The van der Waals surface area contributed by atoms with Gasteiger partial charge in [0.15, 0.2) is 16.6 Å². The third-order valence-electron chi connectivity index (χ3n) is 9.58. The zero-order chi connectivity index (χ0) is 26.9. The zero-order valence-corrected chi connectivity index (χ0v) is 27.7. The summed E-state index contributed by atoms with van der Waals surface area (Å²) in [6, 6.07) is 1.18. The van der Waals surface area contributed by atoms with Crippen LogP contribution in [-0.2, 0) is 8.85 Å². The lowest BCUT2D eigenvalue weighted by Crippen LogP contribution is -2.64. The molecule has 0 amide bonds. The molecule has 0 rings (SSSR count). The second-order valence-corrected chi connectivity index (χ2v) is 21.4. The molecule has 0 saturated heterocycles. The van der Waals surface area contributed by atoms with E-state index < -0.39 is 16.6 Å². The summed E-state index contributed by atoms with van der Waals surface area (Å²) >= 11 is 0. The molecule has 2 unspecified atom stereocenters. The summed E-state index contributed by atoms with van der Waals surface area (Å²) in [5.41, 5.74) is 5.40. The van der Waals surface area contributed by atoms with Crippen molar-refractivity contribution in [2.45, 2.75) is 161 Å². The molecule has 0 saturated carbocycles. The van der Waals surface area contributed by atoms with E-state index in [1.807, 2.05) is 0 Å². The second kappa shape index (κ2) is 13.7. The van der Waals surface area contributed by atoms with E-state index in [0.717, 1.165) is 58.0 Å². The third-order valence-corrected chi connectivity index (χ3v) is 19.6. The predicted octanol–water partition coefficient (Wildman–Crippen LogP) is 8.24. The molecule has 0 fully saturated rings. The minimum atomic E-state index is -2.16. The fourth-order valence-corrected chi connectivity index (χ4v) is 15.3. The molecule has 6 heteroatoms. The smallest absolute Gasteiger partial charge is 0.196 e. The van der Waals surface area contributed by atoms with E-state index in [1.54, 1.807) is 0 Å². The van der Waals surface area contributed by atoms with Crippen LogP contribution >= 0.6 is 0 Å². The Morgan fingerprint density at radius 3 is 1.74 bits per heavy atom. The van der Waals surface area contributed by atoms with Gasteiger partial charge in [-0.05, 0) is 90.1 Å². The topological polar surface area (TPSA) is 56.5 Å². The molecule has 0 aromatic rings. The van der Waals surface area contributed by atoms with E-state index in [0.29, 0.717) is 6.54 Å². The minimum absolute atomic E-state index is 0.0539. The molecule has 0 aromatic heterocycles. The van der Waals surface area contributed by atoms with Gasteiger partial charge in [-0.25, -0.2) is 0 Å². The number of nitrogens with two attached hydrogens (primary N) is 1. The Hall–Kier alpha value is 0.274. The molecule has 3 N–H and O–H groups in total. The summed E-state index contributed by atoms with van der Waals surface area (Å²) in [6.45, 7) is 33.7. The monoisotopic (exact) mass is 516 g/mol. The van der Waals surface area contributed by atoms with E-state index >= 15 is 0 Å². The molecule has 0 radical (unpaired) electrons. The highest BCUT2D eigenvalue weighted by molar-refractivity contribution is 6.77. The van der Waals surface area contributed by atoms with Crippen molar-refractivity contribution in [1.29, 1.82) is 0 Å². The summed E-state index contributed by atoms with van der Waals surface area (Å²) in [5, 5.41) is 3.76. The number of nitrogens with one attached hydrogen (secondary N) is 1. The van der Waals surface area contributed by atoms with Crippen LogP contribution in [0, 0.1) is 0 Å². The van der Waals surface area contributed by atoms with Crippen LogP contribution in [-0.4, -0.2) is 47.5 Å². The fraction of sp³-hybridized carbons (Fsp3) is 1.00. The van der Waals surface area contributed by atoms with E-state index in [1.165, 1.54) is 6.04 Å². The van der Waals surface area contributed by atoms with Gasteiger partial charge >= 0.3 is 0 Å². The minimum Gasteiger partial charge on any atom is -0.412 e. The van der Waals surface area contributed by atoms with Gasteiger partial charge in [0, 0.05) is 18.1 Å². The first-order chi connectivity index (χ1) is 15.5. The summed E-state index contributed by atoms with van der Waals surface area (Å²) in [4.78, 5) is 0. The highest BCUT2D eigenvalue weighted by Gasteiger charge is 2.61. The van der Waals surface area contributed by atoms with Crippen molar-refractivity contribution in [1.82, 2.24) is 5.32 Å². The van der Waals surface area contributed by atoms with Crippen LogP contribution in [0.1, 0.15) is 114 Å². The molecule has 206 valence electrons. The molecule has 34 heavy (non-hydrogen) atoms. The predicted molar refractivity (Wildman–Crippen MR) is 158 cm³/mol. The molecular formula is C28H64N2O2Si2. The maximum Gasteiger partial charge on any atom is 0.196 e. The average Bonchev–Trinajstić information content (AvgIpc) is 2.73. The van der Waals surface area contributed by atoms with Gasteiger partial charge in [-0.2, -0.15) is 0 Å². The van der Waals surface area contributed by atoms with Gasteiger partial charge < -0.3 is 19.9 Å². The van der Waals surface area contributed by atoms with Crippen molar-refractivity contribution < 1.29 is 8.85 Å². The molecule has 0 aliphatic carbocycles. The van der Waals surface area contributed by atoms with Gasteiger partial charge in [0.25, 0.3) is 0 Å². The van der Waals surface area contributed by atoms with Crippen LogP contribution < -0.4 is 11.1 Å². The SMILES string of the molecule is CCCC(C)(O[Si](C)(CCCNCCN)C(C)(C)CC)C(CC)(CC)[Si](C)(C)OC(C)(C)CC. The molecule has 0 bridgehead atoms. The van der Waals surface area contributed by atoms with Crippen LogP contribution in [0.3, 0.4) is 0 Å². The molecule has 0 spiro atoms. The van der Waals surface area contributed by atoms with Crippen molar-refractivity contribution in [2.75, 3.05) is 19.6 Å². The quantitative estimate of drug-likeness (QED) is 0.134. The molecule has 0 aliphatic rings. The first-order valence-corrected chi connectivity index (χ1v) is 19.9.